The summed E-state index contributed by atoms with van der Waals surface area (Å²) in [5, 5.41) is 7.82. The van der Waals surface area contributed by atoms with Crippen molar-refractivity contribution < 1.29 is 9.53 Å². The van der Waals surface area contributed by atoms with Gasteiger partial charge in [0.15, 0.2) is 0 Å². The van der Waals surface area contributed by atoms with E-state index >= 15 is 0 Å². The highest BCUT2D eigenvalue weighted by Crippen LogP contribution is 2.30. The summed E-state index contributed by atoms with van der Waals surface area (Å²) < 4.78 is 6.85. The van der Waals surface area contributed by atoms with Crippen LogP contribution in [0.1, 0.15) is 19.5 Å². The summed E-state index contributed by atoms with van der Waals surface area (Å²) in [5.41, 5.74) is 1.62. The molecule has 0 fully saturated rings. The summed E-state index contributed by atoms with van der Waals surface area (Å²) in [6, 6.07) is 14.2. The standard InChI is InChI=1S/C22H22ClN3O3/c1-13(2)22(28)24-21-19(15-7-5-10-18(11-15)29-4)20(27)14(3)25-26(21)17-9-6-8-16(23)12-17/h5-13H,1-4H3,(H,24,28). The molecule has 0 spiro atoms. The van der Waals surface area contributed by atoms with E-state index in [9.17, 15) is 9.59 Å². The number of rotatable bonds is 5. The minimum Gasteiger partial charge on any atom is -0.497 e. The van der Waals surface area contributed by atoms with Gasteiger partial charge in [0.05, 0.1) is 18.4 Å². The van der Waals surface area contributed by atoms with Crippen molar-refractivity contribution >= 4 is 23.3 Å². The first-order chi connectivity index (χ1) is 13.8. The molecule has 1 aromatic heterocycles. The number of carbonyl (C=O) groups is 1. The third-order valence-corrected chi connectivity index (χ3v) is 4.67. The summed E-state index contributed by atoms with van der Waals surface area (Å²) in [4.78, 5) is 25.7. The fraction of sp³-hybridized carbons (Fsp3) is 0.227. The van der Waals surface area contributed by atoms with Crippen LogP contribution in [-0.4, -0.2) is 22.8 Å². The van der Waals surface area contributed by atoms with Crippen molar-refractivity contribution in [1.29, 1.82) is 0 Å². The van der Waals surface area contributed by atoms with Crippen LogP contribution < -0.4 is 15.5 Å². The number of carbonyl (C=O) groups excluding carboxylic acids is 1. The third-order valence-electron chi connectivity index (χ3n) is 4.43. The monoisotopic (exact) mass is 411 g/mol. The molecule has 0 radical (unpaired) electrons. The minimum absolute atomic E-state index is 0.227. The maximum absolute atomic E-state index is 13.1. The molecule has 0 aliphatic heterocycles. The van der Waals surface area contributed by atoms with E-state index in [4.69, 9.17) is 16.3 Å². The second-order valence-corrected chi connectivity index (χ2v) is 7.34. The van der Waals surface area contributed by atoms with Gasteiger partial charge in [-0.2, -0.15) is 5.10 Å². The SMILES string of the molecule is COc1cccc(-c2c(NC(=O)C(C)C)n(-c3cccc(Cl)c3)nc(C)c2=O)c1. The van der Waals surface area contributed by atoms with Crippen LogP contribution in [0.2, 0.25) is 5.02 Å². The molecule has 3 aromatic rings. The summed E-state index contributed by atoms with van der Waals surface area (Å²) in [7, 11) is 1.56. The number of hydrogen-bond donors (Lipinski definition) is 1. The molecule has 6 nitrogen and oxygen atoms in total. The number of benzene rings is 2. The molecular formula is C22H22ClN3O3. The molecule has 0 saturated carbocycles. The fourth-order valence-corrected chi connectivity index (χ4v) is 3.04. The van der Waals surface area contributed by atoms with E-state index in [0.29, 0.717) is 33.3 Å². The van der Waals surface area contributed by atoms with Gasteiger partial charge in [0.1, 0.15) is 17.3 Å². The molecule has 2 aromatic carbocycles. The quantitative estimate of drug-likeness (QED) is 0.672. The first-order valence-electron chi connectivity index (χ1n) is 9.17. The zero-order chi connectivity index (χ0) is 21.1. The third kappa shape index (κ3) is 4.32. The Kier molecular flexibility index (Phi) is 6.03. The fourth-order valence-electron chi connectivity index (χ4n) is 2.86. The van der Waals surface area contributed by atoms with Gasteiger partial charge in [0.25, 0.3) is 0 Å². The van der Waals surface area contributed by atoms with Gasteiger partial charge in [-0.05, 0) is 42.8 Å². The average molecular weight is 412 g/mol. The van der Waals surface area contributed by atoms with Crippen molar-refractivity contribution in [1.82, 2.24) is 9.78 Å². The zero-order valence-corrected chi connectivity index (χ0v) is 17.4. The number of methoxy groups -OCH3 is 1. The second kappa shape index (κ2) is 8.49. The van der Waals surface area contributed by atoms with Crippen molar-refractivity contribution in [2.45, 2.75) is 20.8 Å². The first-order valence-corrected chi connectivity index (χ1v) is 9.54. The van der Waals surface area contributed by atoms with E-state index in [0.717, 1.165) is 0 Å². The lowest BCUT2D eigenvalue weighted by Gasteiger charge is -2.19. The molecule has 0 aliphatic rings. The van der Waals surface area contributed by atoms with E-state index in [-0.39, 0.29) is 23.1 Å². The Morgan fingerprint density at radius 3 is 2.55 bits per heavy atom. The van der Waals surface area contributed by atoms with Gasteiger partial charge in [-0.25, -0.2) is 4.68 Å². The van der Waals surface area contributed by atoms with E-state index in [2.05, 4.69) is 10.4 Å². The van der Waals surface area contributed by atoms with Crippen LogP contribution in [0.15, 0.2) is 53.3 Å². The Morgan fingerprint density at radius 2 is 1.90 bits per heavy atom. The minimum atomic E-state index is -0.280. The average Bonchev–Trinajstić information content (AvgIpc) is 2.70. The number of nitrogens with zero attached hydrogens (tertiary/aromatic N) is 2. The van der Waals surface area contributed by atoms with E-state index < -0.39 is 0 Å². The number of nitrogens with one attached hydrogen (secondary N) is 1. The molecule has 7 heteroatoms. The highest BCUT2D eigenvalue weighted by atomic mass is 35.5. The van der Waals surface area contributed by atoms with Gasteiger partial charge in [-0.1, -0.05) is 43.6 Å². The Bertz CT molecular complexity index is 1120. The number of ether oxygens (including phenoxy) is 1. The van der Waals surface area contributed by atoms with Gasteiger partial charge in [-0.3, -0.25) is 9.59 Å². The highest BCUT2D eigenvalue weighted by Gasteiger charge is 2.21. The molecule has 3 rings (SSSR count). The van der Waals surface area contributed by atoms with Crippen LogP contribution >= 0.6 is 11.6 Å². The maximum atomic E-state index is 13.1. The summed E-state index contributed by atoms with van der Waals surface area (Å²) >= 11 is 6.16. The molecule has 0 aliphatic carbocycles. The number of amides is 1. The molecule has 0 unspecified atom stereocenters. The summed E-state index contributed by atoms with van der Waals surface area (Å²) in [6.07, 6.45) is 0. The predicted octanol–water partition coefficient (Wildman–Crippen LogP) is 4.46. The van der Waals surface area contributed by atoms with Crippen LogP contribution in [-0.2, 0) is 4.79 Å². The van der Waals surface area contributed by atoms with E-state index in [1.807, 2.05) is 6.07 Å². The normalized spacial score (nSPS) is 10.8. The second-order valence-electron chi connectivity index (χ2n) is 6.91. The van der Waals surface area contributed by atoms with Gasteiger partial charge in [-0.15, -0.1) is 0 Å². The maximum Gasteiger partial charge on any atom is 0.228 e. The molecule has 1 N–H and O–H groups in total. The highest BCUT2D eigenvalue weighted by molar-refractivity contribution is 6.30. The number of halogens is 1. The van der Waals surface area contributed by atoms with Crippen molar-refractivity contribution in [3.8, 4) is 22.6 Å². The Balaban J connectivity index is 2.36. The number of aryl methyl sites for hydroxylation is 1. The lowest BCUT2D eigenvalue weighted by atomic mass is 10.0. The largest absolute Gasteiger partial charge is 0.497 e. The van der Waals surface area contributed by atoms with Crippen LogP contribution in [0.4, 0.5) is 5.82 Å². The first kappa shape index (κ1) is 20.6. The van der Waals surface area contributed by atoms with Crippen molar-refractivity contribution in [2.75, 3.05) is 12.4 Å². The Morgan fingerprint density at radius 1 is 1.17 bits per heavy atom. The molecule has 150 valence electrons. The van der Waals surface area contributed by atoms with Gasteiger partial charge < -0.3 is 10.1 Å². The predicted molar refractivity (Wildman–Crippen MR) is 115 cm³/mol. The summed E-state index contributed by atoms with van der Waals surface area (Å²) in [5.74, 6) is 0.383. The smallest absolute Gasteiger partial charge is 0.228 e. The number of aromatic nitrogens is 2. The Hall–Kier alpha value is -3.12. The lowest BCUT2D eigenvalue weighted by molar-refractivity contribution is -0.118. The number of hydrogen-bond acceptors (Lipinski definition) is 4. The molecule has 29 heavy (non-hydrogen) atoms. The van der Waals surface area contributed by atoms with Crippen LogP contribution in [0.3, 0.4) is 0 Å². The van der Waals surface area contributed by atoms with Crippen LogP contribution in [0, 0.1) is 12.8 Å². The van der Waals surface area contributed by atoms with E-state index in [1.54, 1.807) is 70.3 Å². The zero-order valence-electron chi connectivity index (χ0n) is 16.7. The molecule has 1 heterocycles. The molecule has 1 amide bonds. The van der Waals surface area contributed by atoms with Gasteiger partial charge in [0, 0.05) is 10.9 Å². The molecule has 0 bridgehead atoms. The van der Waals surface area contributed by atoms with Crippen molar-refractivity contribution in [3.63, 3.8) is 0 Å². The van der Waals surface area contributed by atoms with Crippen molar-refractivity contribution in [2.24, 2.45) is 5.92 Å². The van der Waals surface area contributed by atoms with Gasteiger partial charge in [0.2, 0.25) is 11.3 Å². The van der Waals surface area contributed by atoms with Gasteiger partial charge >= 0.3 is 0 Å². The van der Waals surface area contributed by atoms with Crippen molar-refractivity contribution in [3.05, 3.63) is 69.5 Å². The summed E-state index contributed by atoms with van der Waals surface area (Å²) in [6.45, 7) is 5.20. The lowest BCUT2D eigenvalue weighted by Crippen LogP contribution is -2.26. The Labute approximate surface area is 174 Å². The molecular weight excluding hydrogens is 390 g/mol. The topological polar surface area (TPSA) is 73.2 Å². The molecule has 0 saturated heterocycles. The number of anilines is 1. The molecule has 0 atom stereocenters. The van der Waals surface area contributed by atoms with Crippen LogP contribution in [0.25, 0.3) is 16.8 Å². The van der Waals surface area contributed by atoms with E-state index in [1.165, 1.54) is 4.68 Å². The van der Waals surface area contributed by atoms with Crippen LogP contribution in [0.5, 0.6) is 5.75 Å².